The van der Waals surface area contributed by atoms with E-state index in [-0.39, 0.29) is 5.91 Å². The van der Waals surface area contributed by atoms with Crippen LogP contribution in [-0.4, -0.2) is 64.5 Å². The van der Waals surface area contributed by atoms with Crippen molar-refractivity contribution < 1.29 is 4.79 Å². The Balaban J connectivity index is 1.75. The number of imidazole rings is 1. The molecule has 20 heavy (non-hydrogen) atoms. The number of aromatic nitrogens is 4. The molecule has 0 aliphatic heterocycles. The Morgan fingerprint density at radius 3 is 2.95 bits per heavy atom. The third-order valence-corrected chi connectivity index (χ3v) is 2.75. The minimum atomic E-state index is 0.0225. The van der Waals surface area contributed by atoms with E-state index in [4.69, 9.17) is 0 Å². The van der Waals surface area contributed by atoms with Crippen LogP contribution in [0.3, 0.4) is 0 Å². The smallest absolute Gasteiger partial charge is 0.221 e. The monoisotopic (exact) mass is 277 g/mol. The zero-order valence-corrected chi connectivity index (χ0v) is 11.7. The summed E-state index contributed by atoms with van der Waals surface area (Å²) >= 11 is 0. The highest BCUT2D eigenvalue weighted by atomic mass is 16.1. The number of fused-ring (bicyclic) bond motifs is 1. The number of aromatic amines is 1. The second-order valence-corrected chi connectivity index (χ2v) is 4.65. The summed E-state index contributed by atoms with van der Waals surface area (Å²) in [6.07, 6.45) is 3.41. The highest BCUT2D eigenvalue weighted by Crippen LogP contribution is 2.13. The molecule has 0 radical (unpaired) electrons. The summed E-state index contributed by atoms with van der Waals surface area (Å²) in [6, 6.07) is 0. The Morgan fingerprint density at radius 1 is 1.30 bits per heavy atom. The van der Waals surface area contributed by atoms with Crippen LogP contribution in [-0.2, 0) is 4.79 Å². The van der Waals surface area contributed by atoms with Crippen LogP contribution in [0, 0.1) is 0 Å². The lowest BCUT2D eigenvalue weighted by molar-refractivity contribution is -0.120. The molecule has 0 bridgehead atoms. The molecule has 1 amide bonds. The number of carbonyl (C=O) groups is 1. The summed E-state index contributed by atoms with van der Waals surface area (Å²) in [5.74, 6) is 0.683. The van der Waals surface area contributed by atoms with Crippen LogP contribution in [0.25, 0.3) is 11.2 Å². The van der Waals surface area contributed by atoms with Gasteiger partial charge in [0.15, 0.2) is 11.5 Å². The molecular weight excluding hydrogens is 258 g/mol. The zero-order valence-electron chi connectivity index (χ0n) is 11.7. The maximum atomic E-state index is 11.6. The number of H-pyrrole nitrogens is 1. The van der Waals surface area contributed by atoms with Gasteiger partial charge in [-0.25, -0.2) is 15.0 Å². The summed E-state index contributed by atoms with van der Waals surface area (Å²) in [6.45, 7) is 2.00. The molecule has 0 fully saturated rings. The third kappa shape index (κ3) is 3.89. The first-order chi connectivity index (χ1) is 9.66. The summed E-state index contributed by atoms with van der Waals surface area (Å²) in [5, 5.41) is 5.97. The van der Waals surface area contributed by atoms with Crippen LogP contribution >= 0.6 is 0 Å². The number of anilines is 1. The highest BCUT2D eigenvalue weighted by Gasteiger charge is 2.06. The van der Waals surface area contributed by atoms with Crippen molar-refractivity contribution in [2.45, 2.75) is 6.42 Å². The number of rotatable bonds is 7. The second kappa shape index (κ2) is 6.80. The van der Waals surface area contributed by atoms with E-state index in [1.165, 1.54) is 6.33 Å². The number of hydrogen-bond donors (Lipinski definition) is 3. The molecule has 0 atom stereocenters. The van der Waals surface area contributed by atoms with Crippen molar-refractivity contribution in [1.29, 1.82) is 0 Å². The van der Waals surface area contributed by atoms with Gasteiger partial charge >= 0.3 is 0 Å². The van der Waals surface area contributed by atoms with Crippen molar-refractivity contribution in [1.82, 2.24) is 30.2 Å². The summed E-state index contributed by atoms with van der Waals surface area (Å²) in [5.41, 5.74) is 1.36. The summed E-state index contributed by atoms with van der Waals surface area (Å²) < 4.78 is 0. The molecule has 108 valence electrons. The molecule has 0 saturated heterocycles. The van der Waals surface area contributed by atoms with Gasteiger partial charge in [-0.3, -0.25) is 4.79 Å². The van der Waals surface area contributed by atoms with E-state index >= 15 is 0 Å². The van der Waals surface area contributed by atoms with E-state index in [1.54, 1.807) is 6.33 Å². The SMILES string of the molecule is CN(C)CCNC(=O)CCNc1ncnc2nc[nH]c12. The predicted octanol–water partition coefficient (Wildman–Crippen LogP) is -0.167. The van der Waals surface area contributed by atoms with Gasteiger partial charge in [0.25, 0.3) is 0 Å². The van der Waals surface area contributed by atoms with Crippen LogP contribution < -0.4 is 10.6 Å². The molecule has 0 unspecified atom stereocenters. The highest BCUT2D eigenvalue weighted by molar-refractivity contribution is 5.82. The van der Waals surface area contributed by atoms with E-state index in [1.807, 2.05) is 19.0 Å². The van der Waals surface area contributed by atoms with E-state index < -0.39 is 0 Å². The molecule has 0 saturated carbocycles. The third-order valence-electron chi connectivity index (χ3n) is 2.75. The van der Waals surface area contributed by atoms with Gasteiger partial charge in [0.05, 0.1) is 6.33 Å². The molecule has 0 aliphatic rings. The van der Waals surface area contributed by atoms with Gasteiger partial charge in [0.2, 0.25) is 5.91 Å². The normalized spacial score (nSPS) is 10.9. The van der Waals surface area contributed by atoms with Crippen LogP contribution in [0.1, 0.15) is 6.42 Å². The predicted molar refractivity (Wildman–Crippen MR) is 76.4 cm³/mol. The van der Waals surface area contributed by atoms with Crippen molar-refractivity contribution in [3.05, 3.63) is 12.7 Å². The van der Waals surface area contributed by atoms with E-state index in [9.17, 15) is 4.79 Å². The quantitative estimate of drug-likeness (QED) is 0.650. The first-order valence-corrected chi connectivity index (χ1v) is 6.46. The van der Waals surface area contributed by atoms with Gasteiger partial charge < -0.3 is 20.5 Å². The number of likely N-dealkylation sites (N-methyl/N-ethyl adjacent to an activating group) is 1. The van der Waals surface area contributed by atoms with Crippen LogP contribution in [0.5, 0.6) is 0 Å². The maximum absolute atomic E-state index is 11.6. The van der Waals surface area contributed by atoms with Crippen LogP contribution in [0.15, 0.2) is 12.7 Å². The molecular formula is C12H19N7O. The number of nitrogens with zero attached hydrogens (tertiary/aromatic N) is 4. The van der Waals surface area contributed by atoms with E-state index in [2.05, 4.69) is 30.6 Å². The van der Waals surface area contributed by atoms with E-state index in [0.29, 0.717) is 31.0 Å². The zero-order chi connectivity index (χ0) is 14.4. The summed E-state index contributed by atoms with van der Waals surface area (Å²) in [4.78, 5) is 28.8. The number of carbonyl (C=O) groups excluding carboxylic acids is 1. The molecule has 2 heterocycles. The fraction of sp³-hybridized carbons (Fsp3) is 0.500. The fourth-order valence-electron chi connectivity index (χ4n) is 1.70. The Morgan fingerprint density at radius 2 is 2.15 bits per heavy atom. The van der Waals surface area contributed by atoms with Crippen LogP contribution in [0.2, 0.25) is 0 Å². The van der Waals surface area contributed by atoms with Crippen molar-refractivity contribution in [3.8, 4) is 0 Å². The Hall–Kier alpha value is -2.22. The lowest BCUT2D eigenvalue weighted by atomic mass is 10.3. The standard InChI is InChI=1S/C12H19N7O/c1-19(2)6-5-13-9(20)3-4-14-11-10-12(16-7-15-10)18-8-17-11/h7-8H,3-6H2,1-2H3,(H,13,20)(H2,14,15,16,17,18). The van der Waals surface area contributed by atoms with Gasteiger partial charge in [-0.15, -0.1) is 0 Å². The molecule has 0 aliphatic carbocycles. The fourth-order valence-corrected chi connectivity index (χ4v) is 1.70. The Labute approximate surface area is 117 Å². The molecule has 0 aromatic carbocycles. The van der Waals surface area contributed by atoms with Gasteiger partial charge in [-0.05, 0) is 14.1 Å². The van der Waals surface area contributed by atoms with Gasteiger partial charge in [0, 0.05) is 26.1 Å². The minimum Gasteiger partial charge on any atom is -0.368 e. The average molecular weight is 277 g/mol. The first kappa shape index (κ1) is 14.2. The Bertz CT molecular complexity index is 566. The molecule has 2 rings (SSSR count). The van der Waals surface area contributed by atoms with Crippen molar-refractivity contribution in [2.75, 3.05) is 39.0 Å². The maximum Gasteiger partial charge on any atom is 0.221 e. The summed E-state index contributed by atoms with van der Waals surface area (Å²) in [7, 11) is 3.94. The van der Waals surface area contributed by atoms with Gasteiger partial charge in [0.1, 0.15) is 11.8 Å². The van der Waals surface area contributed by atoms with Crippen LogP contribution in [0.4, 0.5) is 5.82 Å². The van der Waals surface area contributed by atoms with Crippen molar-refractivity contribution in [2.24, 2.45) is 0 Å². The lowest BCUT2D eigenvalue weighted by Gasteiger charge is -2.10. The van der Waals surface area contributed by atoms with Crippen molar-refractivity contribution >= 4 is 22.9 Å². The topological polar surface area (TPSA) is 98.8 Å². The molecule has 2 aromatic heterocycles. The largest absolute Gasteiger partial charge is 0.368 e. The van der Waals surface area contributed by atoms with Crippen molar-refractivity contribution in [3.63, 3.8) is 0 Å². The molecule has 2 aromatic rings. The molecule has 8 nitrogen and oxygen atoms in total. The molecule has 8 heteroatoms. The van der Waals surface area contributed by atoms with Gasteiger partial charge in [-0.1, -0.05) is 0 Å². The van der Waals surface area contributed by atoms with Gasteiger partial charge in [-0.2, -0.15) is 0 Å². The minimum absolute atomic E-state index is 0.0225. The lowest BCUT2D eigenvalue weighted by Crippen LogP contribution is -2.32. The first-order valence-electron chi connectivity index (χ1n) is 6.46. The number of nitrogens with one attached hydrogen (secondary N) is 3. The molecule has 0 spiro atoms. The number of hydrogen-bond acceptors (Lipinski definition) is 6. The average Bonchev–Trinajstić information content (AvgIpc) is 2.87. The van der Waals surface area contributed by atoms with E-state index in [0.717, 1.165) is 12.1 Å². The second-order valence-electron chi connectivity index (χ2n) is 4.65. The number of amides is 1. The molecule has 3 N–H and O–H groups in total. The Kier molecular flexibility index (Phi) is 4.83.